The monoisotopic (exact) mass is 365 g/mol. The summed E-state index contributed by atoms with van der Waals surface area (Å²) >= 11 is 0. The van der Waals surface area contributed by atoms with E-state index in [0.717, 1.165) is 0 Å². The molecule has 0 saturated heterocycles. The molecule has 1 atom stereocenters. The first-order valence-corrected chi connectivity index (χ1v) is 8.93. The van der Waals surface area contributed by atoms with E-state index in [4.69, 9.17) is 4.74 Å². The van der Waals surface area contributed by atoms with Crippen molar-refractivity contribution in [1.82, 2.24) is 5.32 Å². The van der Waals surface area contributed by atoms with E-state index in [9.17, 15) is 19.5 Å². The summed E-state index contributed by atoms with van der Waals surface area (Å²) in [6.45, 7) is 12.6. The molecule has 1 amide bonds. The van der Waals surface area contributed by atoms with Crippen LogP contribution in [0, 0.1) is 10.8 Å². The minimum absolute atomic E-state index is 0.112. The lowest BCUT2D eigenvalue weighted by Crippen LogP contribution is -2.47. The number of carboxylic acids is 1. The van der Waals surface area contributed by atoms with E-state index in [1.165, 1.54) is 6.08 Å². The van der Waals surface area contributed by atoms with Crippen molar-refractivity contribution in [3.63, 3.8) is 0 Å². The van der Waals surface area contributed by atoms with Gasteiger partial charge in [0.15, 0.2) is 5.78 Å². The zero-order valence-electron chi connectivity index (χ0n) is 16.9. The van der Waals surface area contributed by atoms with E-state index >= 15 is 0 Å². The fourth-order valence-electron chi connectivity index (χ4n) is 3.33. The molecule has 0 aromatic carbocycles. The Hall–Kier alpha value is -2.11. The Labute approximate surface area is 155 Å². The standard InChI is InChI=1S/C20H31NO5/c1-8-11-20(16(23)24,18(2,3)4)14-12-13(22)9-10-15(14)21-17(25)26-19(5,6)7/h10,12H,8-9,11H2,1-7H3,(H,21,25)(H,23,24)/t20-/m0/s1. The van der Waals surface area contributed by atoms with Crippen molar-refractivity contribution >= 4 is 17.8 Å². The first-order valence-electron chi connectivity index (χ1n) is 8.93. The molecule has 0 aromatic rings. The molecule has 26 heavy (non-hydrogen) atoms. The van der Waals surface area contributed by atoms with E-state index < -0.39 is 28.5 Å². The van der Waals surface area contributed by atoms with Gasteiger partial charge in [0.25, 0.3) is 0 Å². The van der Waals surface area contributed by atoms with E-state index in [1.807, 2.05) is 27.7 Å². The van der Waals surface area contributed by atoms with Gasteiger partial charge in [-0.1, -0.05) is 40.2 Å². The zero-order valence-corrected chi connectivity index (χ0v) is 16.9. The number of alkyl carbamates (subject to hydrolysis) is 1. The van der Waals surface area contributed by atoms with E-state index in [-0.39, 0.29) is 12.2 Å². The summed E-state index contributed by atoms with van der Waals surface area (Å²) in [7, 11) is 0. The number of rotatable bonds is 5. The molecule has 0 aliphatic heterocycles. The molecule has 1 aliphatic rings. The van der Waals surface area contributed by atoms with Gasteiger partial charge >= 0.3 is 12.1 Å². The minimum Gasteiger partial charge on any atom is -0.481 e. The first-order chi connectivity index (χ1) is 11.7. The van der Waals surface area contributed by atoms with Crippen LogP contribution in [0.15, 0.2) is 23.4 Å². The van der Waals surface area contributed by atoms with Crippen LogP contribution >= 0.6 is 0 Å². The summed E-state index contributed by atoms with van der Waals surface area (Å²) in [5.74, 6) is -1.19. The largest absolute Gasteiger partial charge is 0.481 e. The first kappa shape index (κ1) is 21.9. The number of carboxylic acid groups (broad SMARTS) is 1. The quantitative estimate of drug-likeness (QED) is 0.761. The van der Waals surface area contributed by atoms with Crippen molar-refractivity contribution in [1.29, 1.82) is 0 Å². The zero-order chi connectivity index (χ0) is 20.3. The number of ketones is 1. The Morgan fingerprint density at radius 1 is 1.19 bits per heavy atom. The molecule has 0 heterocycles. The van der Waals surface area contributed by atoms with Crippen molar-refractivity contribution in [3.8, 4) is 0 Å². The van der Waals surface area contributed by atoms with Crippen LogP contribution in [0.1, 0.15) is 67.7 Å². The summed E-state index contributed by atoms with van der Waals surface area (Å²) < 4.78 is 5.28. The number of hydrogen-bond donors (Lipinski definition) is 2. The number of hydrogen-bond acceptors (Lipinski definition) is 4. The van der Waals surface area contributed by atoms with Gasteiger partial charge in [-0.25, -0.2) is 4.79 Å². The fourth-order valence-corrected chi connectivity index (χ4v) is 3.33. The third-order valence-electron chi connectivity index (χ3n) is 4.47. The molecule has 0 saturated carbocycles. The van der Waals surface area contributed by atoms with Crippen LogP contribution in [0.4, 0.5) is 4.79 Å². The molecule has 6 nitrogen and oxygen atoms in total. The molecule has 0 bridgehead atoms. The third-order valence-corrected chi connectivity index (χ3v) is 4.47. The summed E-state index contributed by atoms with van der Waals surface area (Å²) in [5, 5.41) is 12.8. The molecule has 0 unspecified atom stereocenters. The molecule has 0 aromatic heterocycles. The van der Waals surface area contributed by atoms with Crippen molar-refractivity contribution in [3.05, 3.63) is 23.4 Å². The molecule has 1 aliphatic carbocycles. The van der Waals surface area contributed by atoms with Gasteiger partial charge in [0.1, 0.15) is 5.60 Å². The van der Waals surface area contributed by atoms with E-state index in [0.29, 0.717) is 24.1 Å². The highest BCUT2D eigenvalue weighted by molar-refractivity contribution is 5.97. The molecule has 0 fully saturated rings. The number of aliphatic carboxylic acids is 1. The SMILES string of the molecule is CCC[C@@](C(=O)O)(C1=CC(=O)CC=C1NC(=O)OC(C)(C)C)C(C)(C)C. The van der Waals surface area contributed by atoms with Crippen molar-refractivity contribution in [2.24, 2.45) is 10.8 Å². The van der Waals surface area contributed by atoms with Crippen LogP contribution in [-0.2, 0) is 14.3 Å². The Morgan fingerprint density at radius 2 is 1.77 bits per heavy atom. The maximum absolute atomic E-state index is 12.4. The lowest BCUT2D eigenvalue weighted by molar-refractivity contribution is -0.153. The second-order valence-electron chi connectivity index (χ2n) is 8.68. The number of ether oxygens (including phenoxy) is 1. The fraction of sp³-hybridized carbons (Fsp3) is 0.650. The lowest BCUT2D eigenvalue weighted by atomic mass is 9.58. The van der Waals surface area contributed by atoms with E-state index in [2.05, 4.69) is 5.32 Å². The van der Waals surface area contributed by atoms with Crippen molar-refractivity contribution in [2.75, 3.05) is 0 Å². The van der Waals surface area contributed by atoms with Crippen LogP contribution in [0.5, 0.6) is 0 Å². The highest BCUT2D eigenvalue weighted by Gasteiger charge is 2.52. The average molecular weight is 365 g/mol. The smallest absolute Gasteiger partial charge is 0.412 e. The summed E-state index contributed by atoms with van der Waals surface area (Å²) in [4.78, 5) is 36.7. The van der Waals surface area contributed by atoms with E-state index in [1.54, 1.807) is 26.8 Å². The number of allylic oxidation sites excluding steroid dienone is 3. The number of carbonyl (C=O) groups is 3. The number of nitrogens with one attached hydrogen (secondary N) is 1. The Morgan fingerprint density at radius 3 is 2.19 bits per heavy atom. The summed E-state index contributed by atoms with van der Waals surface area (Å²) in [6.07, 6.45) is 3.34. The van der Waals surface area contributed by atoms with Crippen molar-refractivity contribution < 1.29 is 24.2 Å². The molecule has 146 valence electrons. The number of amides is 1. The van der Waals surface area contributed by atoms with Crippen LogP contribution in [-0.4, -0.2) is 28.6 Å². The normalized spacial score (nSPS) is 17.7. The molecule has 0 spiro atoms. The highest BCUT2D eigenvalue weighted by atomic mass is 16.6. The van der Waals surface area contributed by atoms with Gasteiger partial charge in [-0.15, -0.1) is 0 Å². The summed E-state index contributed by atoms with van der Waals surface area (Å²) in [6, 6.07) is 0. The molecule has 6 heteroatoms. The van der Waals surface area contributed by atoms with Gasteiger partial charge in [-0.05, 0) is 44.3 Å². The number of carbonyl (C=O) groups excluding carboxylic acids is 2. The van der Waals surface area contributed by atoms with Gasteiger partial charge in [0, 0.05) is 12.1 Å². The average Bonchev–Trinajstić information content (AvgIpc) is 2.43. The molecular formula is C20H31NO5. The third kappa shape index (κ3) is 4.74. The summed E-state index contributed by atoms with van der Waals surface area (Å²) in [5.41, 5.74) is -1.99. The molecular weight excluding hydrogens is 334 g/mol. The van der Waals surface area contributed by atoms with Gasteiger partial charge in [0.2, 0.25) is 0 Å². The topological polar surface area (TPSA) is 92.7 Å². The van der Waals surface area contributed by atoms with Crippen LogP contribution in [0.25, 0.3) is 0 Å². The Bertz CT molecular complexity index is 646. The Kier molecular flexibility index (Phi) is 6.44. The predicted molar refractivity (Wildman–Crippen MR) is 99.6 cm³/mol. The van der Waals surface area contributed by atoms with Gasteiger partial charge in [-0.2, -0.15) is 0 Å². The van der Waals surface area contributed by atoms with Gasteiger partial charge < -0.3 is 9.84 Å². The maximum Gasteiger partial charge on any atom is 0.412 e. The minimum atomic E-state index is -1.31. The Balaban J connectivity index is 3.41. The maximum atomic E-state index is 12.4. The van der Waals surface area contributed by atoms with Gasteiger partial charge in [-0.3, -0.25) is 14.9 Å². The lowest BCUT2D eigenvalue weighted by Gasteiger charge is -2.44. The molecule has 1 rings (SSSR count). The van der Waals surface area contributed by atoms with Crippen LogP contribution < -0.4 is 5.32 Å². The second kappa shape index (κ2) is 7.64. The van der Waals surface area contributed by atoms with Crippen LogP contribution in [0.2, 0.25) is 0 Å². The molecule has 0 radical (unpaired) electrons. The second-order valence-corrected chi connectivity index (χ2v) is 8.68. The van der Waals surface area contributed by atoms with Gasteiger partial charge in [0.05, 0.1) is 5.41 Å². The van der Waals surface area contributed by atoms with Crippen molar-refractivity contribution in [2.45, 2.75) is 73.3 Å². The molecule has 2 N–H and O–H groups in total. The highest BCUT2D eigenvalue weighted by Crippen LogP contribution is 2.51. The van der Waals surface area contributed by atoms with Crippen LogP contribution in [0.3, 0.4) is 0 Å². The predicted octanol–water partition coefficient (Wildman–Crippen LogP) is 4.21.